The van der Waals surface area contributed by atoms with Crippen molar-refractivity contribution in [2.75, 3.05) is 18.1 Å². The van der Waals surface area contributed by atoms with Gasteiger partial charge in [0, 0.05) is 29.8 Å². The van der Waals surface area contributed by atoms with Crippen LogP contribution in [0.5, 0.6) is 0 Å². The van der Waals surface area contributed by atoms with E-state index in [0.717, 1.165) is 4.90 Å². The summed E-state index contributed by atoms with van der Waals surface area (Å²) >= 11 is 0. The van der Waals surface area contributed by atoms with Crippen LogP contribution in [0.25, 0.3) is 0 Å². The van der Waals surface area contributed by atoms with Gasteiger partial charge in [-0.25, -0.2) is 18.2 Å². The number of hydrogen-bond acceptors (Lipinski definition) is 6. The third kappa shape index (κ3) is 3.33. The minimum atomic E-state index is -3.85. The highest BCUT2D eigenvalue weighted by Crippen LogP contribution is 2.27. The van der Waals surface area contributed by atoms with Crippen molar-refractivity contribution in [1.29, 1.82) is 0 Å². The molecule has 114 valence electrons. The predicted molar refractivity (Wildman–Crippen MR) is 75.7 cm³/mol. The second-order valence-electron chi connectivity index (χ2n) is 4.40. The second-order valence-corrected chi connectivity index (χ2v) is 7.31. The number of rotatable bonds is 4. The van der Waals surface area contributed by atoms with Crippen LogP contribution in [0.1, 0.15) is 23.7 Å². The first-order valence-electron chi connectivity index (χ1n) is 6.20. The Morgan fingerprint density at radius 1 is 1.57 bits per heavy atom. The van der Waals surface area contributed by atoms with E-state index in [4.69, 9.17) is 15.4 Å². The van der Waals surface area contributed by atoms with Crippen LogP contribution in [0.4, 0.5) is 5.82 Å². The van der Waals surface area contributed by atoms with Crippen molar-refractivity contribution in [2.45, 2.75) is 18.6 Å². The number of ether oxygens (including phenoxy) is 1. The third-order valence-corrected chi connectivity index (χ3v) is 4.89. The average Bonchev–Trinajstić information content (AvgIpc) is 2.81. The van der Waals surface area contributed by atoms with E-state index >= 15 is 0 Å². The SMILES string of the molecule is CCOC(=O)c1cccnc1N1CC(S(=O)(=O)Cl)CC1=O. The van der Waals surface area contributed by atoms with E-state index in [1.165, 1.54) is 18.3 Å². The molecule has 1 aromatic rings. The lowest BCUT2D eigenvalue weighted by Gasteiger charge is -2.17. The third-order valence-electron chi connectivity index (χ3n) is 3.03. The standard InChI is InChI=1S/C12H13ClN2O5S/c1-2-20-12(17)9-4-3-5-14-11(9)15-7-8(6-10(15)16)21(13,18)19/h3-5,8H,2,6-7H2,1H3. The van der Waals surface area contributed by atoms with E-state index in [1.54, 1.807) is 6.92 Å². The number of pyridine rings is 1. The Bertz CT molecular complexity index is 676. The maximum atomic E-state index is 12.0. The molecule has 21 heavy (non-hydrogen) atoms. The summed E-state index contributed by atoms with van der Waals surface area (Å²) in [6, 6.07) is 3.00. The molecule has 0 bridgehead atoms. The molecular formula is C12H13ClN2O5S. The van der Waals surface area contributed by atoms with Gasteiger partial charge in [0.25, 0.3) is 0 Å². The molecule has 9 heteroatoms. The molecule has 1 fully saturated rings. The molecule has 1 aliphatic rings. The first-order chi connectivity index (χ1) is 9.84. The van der Waals surface area contributed by atoms with Crippen molar-refractivity contribution in [3.63, 3.8) is 0 Å². The van der Waals surface area contributed by atoms with E-state index in [-0.39, 0.29) is 31.0 Å². The summed E-state index contributed by atoms with van der Waals surface area (Å²) in [7, 11) is 1.44. The lowest BCUT2D eigenvalue weighted by Crippen LogP contribution is -2.29. The van der Waals surface area contributed by atoms with Gasteiger partial charge < -0.3 is 4.74 Å². The second kappa shape index (κ2) is 5.98. The number of carbonyl (C=O) groups is 2. The van der Waals surface area contributed by atoms with E-state index in [9.17, 15) is 18.0 Å². The fourth-order valence-electron chi connectivity index (χ4n) is 2.05. The molecule has 0 spiro atoms. The Kier molecular flexibility index (Phi) is 4.48. The largest absolute Gasteiger partial charge is 0.462 e. The Balaban J connectivity index is 2.35. The van der Waals surface area contributed by atoms with Gasteiger partial charge in [-0.15, -0.1) is 0 Å². The van der Waals surface area contributed by atoms with Crippen LogP contribution < -0.4 is 4.90 Å². The number of amides is 1. The number of carbonyl (C=O) groups excluding carboxylic acids is 2. The highest BCUT2D eigenvalue weighted by Gasteiger charge is 2.39. The Morgan fingerprint density at radius 3 is 2.86 bits per heavy atom. The van der Waals surface area contributed by atoms with Gasteiger partial charge in [-0.3, -0.25) is 9.69 Å². The van der Waals surface area contributed by atoms with Crippen molar-refractivity contribution in [3.05, 3.63) is 23.9 Å². The number of anilines is 1. The van der Waals surface area contributed by atoms with Gasteiger partial charge >= 0.3 is 5.97 Å². The van der Waals surface area contributed by atoms with E-state index in [1.807, 2.05) is 0 Å². The number of aromatic nitrogens is 1. The maximum absolute atomic E-state index is 12.0. The zero-order chi connectivity index (χ0) is 15.6. The highest BCUT2D eigenvalue weighted by atomic mass is 35.7. The number of hydrogen-bond donors (Lipinski definition) is 0. The first-order valence-corrected chi connectivity index (χ1v) is 8.57. The molecular weight excluding hydrogens is 320 g/mol. The molecule has 0 N–H and O–H groups in total. The molecule has 1 aliphatic heterocycles. The van der Waals surface area contributed by atoms with Gasteiger partial charge in [-0.1, -0.05) is 0 Å². The summed E-state index contributed by atoms with van der Waals surface area (Å²) in [4.78, 5) is 29.0. The normalized spacial score (nSPS) is 18.9. The van der Waals surface area contributed by atoms with Crippen molar-refractivity contribution in [1.82, 2.24) is 4.98 Å². The Labute approximate surface area is 126 Å². The molecule has 2 heterocycles. The number of esters is 1. The number of halogens is 1. The molecule has 0 aliphatic carbocycles. The average molecular weight is 333 g/mol. The summed E-state index contributed by atoms with van der Waals surface area (Å²) in [5.41, 5.74) is 0.111. The fourth-order valence-corrected chi connectivity index (χ4v) is 3.08. The lowest BCUT2D eigenvalue weighted by atomic mass is 10.2. The minimum absolute atomic E-state index is 0.0868. The van der Waals surface area contributed by atoms with Gasteiger partial charge in [-0.2, -0.15) is 0 Å². The van der Waals surface area contributed by atoms with E-state index < -0.39 is 26.2 Å². The molecule has 1 saturated heterocycles. The Hall–Kier alpha value is -1.67. The molecule has 0 saturated carbocycles. The maximum Gasteiger partial charge on any atom is 0.341 e. The van der Waals surface area contributed by atoms with E-state index in [0.29, 0.717) is 0 Å². The van der Waals surface area contributed by atoms with Crippen molar-refractivity contribution < 1.29 is 22.7 Å². The zero-order valence-corrected chi connectivity index (χ0v) is 12.7. The van der Waals surface area contributed by atoms with Crippen LogP contribution in [0.3, 0.4) is 0 Å². The summed E-state index contributed by atoms with van der Waals surface area (Å²) in [5.74, 6) is -0.983. The first kappa shape index (κ1) is 15.7. The minimum Gasteiger partial charge on any atom is -0.462 e. The summed E-state index contributed by atoms with van der Waals surface area (Å²) < 4.78 is 27.6. The van der Waals surface area contributed by atoms with Crippen molar-refractivity contribution >= 4 is 37.4 Å². The van der Waals surface area contributed by atoms with E-state index in [2.05, 4.69) is 4.98 Å². The molecule has 7 nitrogen and oxygen atoms in total. The number of nitrogens with zero attached hydrogens (tertiary/aromatic N) is 2. The zero-order valence-electron chi connectivity index (χ0n) is 11.2. The summed E-state index contributed by atoms with van der Waals surface area (Å²) in [5, 5.41) is -1.01. The highest BCUT2D eigenvalue weighted by molar-refractivity contribution is 8.14. The predicted octanol–water partition coefficient (Wildman–Crippen LogP) is 0.932. The van der Waals surface area contributed by atoms with Crippen molar-refractivity contribution in [2.24, 2.45) is 0 Å². The smallest absolute Gasteiger partial charge is 0.341 e. The monoisotopic (exact) mass is 332 g/mol. The topological polar surface area (TPSA) is 93.6 Å². The lowest BCUT2D eigenvalue weighted by molar-refractivity contribution is -0.117. The summed E-state index contributed by atoms with van der Waals surface area (Å²) in [6.45, 7) is 1.71. The summed E-state index contributed by atoms with van der Waals surface area (Å²) in [6.07, 6.45) is 1.18. The molecule has 1 unspecified atom stereocenters. The fraction of sp³-hybridized carbons (Fsp3) is 0.417. The van der Waals surface area contributed by atoms with Crippen molar-refractivity contribution in [3.8, 4) is 0 Å². The Morgan fingerprint density at radius 2 is 2.29 bits per heavy atom. The van der Waals surface area contributed by atoms with Gasteiger partial charge in [-0.05, 0) is 19.1 Å². The molecule has 0 radical (unpaired) electrons. The van der Waals surface area contributed by atoms with Crippen LogP contribution in [-0.2, 0) is 18.6 Å². The molecule has 2 rings (SSSR count). The van der Waals surface area contributed by atoms with Crippen LogP contribution >= 0.6 is 10.7 Å². The van der Waals surface area contributed by atoms with Gasteiger partial charge in [0.15, 0.2) is 0 Å². The quantitative estimate of drug-likeness (QED) is 0.601. The van der Waals surface area contributed by atoms with Gasteiger partial charge in [0.1, 0.15) is 16.6 Å². The van der Waals surface area contributed by atoms with Crippen LogP contribution in [0.2, 0.25) is 0 Å². The van der Waals surface area contributed by atoms with Crippen LogP contribution in [0, 0.1) is 0 Å². The molecule has 0 aromatic carbocycles. The molecule has 1 aromatic heterocycles. The van der Waals surface area contributed by atoms with Crippen LogP contribution in [0.15, 0.2) is 18.3 Å². The van der Waals surface area contributed by atoms with Crippen LogP contribution in [-0.4, -0.2) is 43.7 Å². The van der Waals surface area contributed by atoms with Gasteiger partial charge in [0.2, 0.25) is 15.0 Å². The molecule has 1 amide bonds. The van der Waals surface area contributed by atoms with Gasteiger partial charge in [0.05, 0.1) is 6.61 Å². The molecule has 1 atom stereocenters.